The molecule has 0 unspecified atom stereocenters. The lowest BCUT2D eigenvalue weighted by molar-refractivity contribution is -0.223. The molecule has 4 atom stereocenters. The molecule has 1 amide bonds. The molecule has 1 aliphatic heterocycles. The van der Waals surface area contributed by atoms with E-state index in [0.29, 0.717) is 0 Å². The molecule has 0 radical (unpaired) electrons. The average Bonchev–Trinajstić information content (AvgIpc) is 2.13. The number of carbonyl (C=O) groups is 1. The van der Waals surface area contributed by atoms with Crippen LogP contribution in [0, 0.1) is 0 Å². The van der Waals surface area contributed by atoms with Crippen LogP contribution in [-0.4, -0.2) is 64.3 Å². The maximum Gasteiger partial charge on any atom is 0.221 e. The van der Waals surface area contributed by atoms with Gasteiger partial charge in [0.1, 0.15) is 18.3 Å². The summed E-state index contributed by atoms with van der Waals surface area (Å²) in [5, 5.41) is 28.0. The first-order valence-corrected chi connectivity index (χ1v) is 4.34. The van der Waals surface area contributed by atoms with Crippen LogP contribution in [0.3, 0.4) is 0 Å². The second kappa shape index (κ2) is 4.22. The monoisotopic (exact) mass is 205 g/mol. The molecule has 0 aromatic carbocycles. The summed E-state index contributed by atoms with van der Waals surface area (Å²) in [6.45, 7) is 1.23. The fraction of sp³-hybridized carbons (Fsp3) is 0.875. The van der Waals surface area contributed by atoms with E-state index in [-0.39, 0.29) is 12.5 Å². The molecule has 1 rings (SSSR count). The van der Waals surface area contributed by atoms with Gasteiger partial charge in [-0.25, -0.2) is 0 Å². The van der Waals surface area contributed by atoms with Crippen LogP contribution in [0.4, 0.5) is 0 Å². The summed E-state index contributed by atoms with van der Waals surface area (Å²) in [5.41, 5.74) is 0. The molecule has 82 valence electrons. The Hall–Kier alpha value is -0.690. The zero-order valence-electron chi connectivity index (χ0n) is 8.12. The normalized spacial score (nSPS) is 38.1. The zero-order valence-corrected chi connectivity index (χ0v) is 8.12. The quantitative estimate of drug-likeness (QED) is 0.456. The van der Waals surface area contributed by atoms with Gasteiger partial charge in [-0.3, -0.25) is 4.79 Å². The minimum absolute atomic E-state index is 0.0967. The van der Waals surface area contributed by atoms with Crippen molar-refractivity contribution in [1.29, 1.82) is 0 Å². The van der Waals surface area contributed by atoms with Gasteiger partial charge in [-0.1, -0.05) is 0 Å². The fourth-order valence-electron chi connectivity index (χ4n) is 1.31. The van der Waals surface area contributed by atoms with Gasteiger partial charge in [0, 0.05) is 14.0 Å². The van der Waals surface area contributed by atoms with Gasteiger partial charge >= 0.3 is 0 Å². The van der Waals surface area contributed by atoms with Gasteiger partial charge in [-0.05, 0) is 0 Å². The number of rotatable bonds is 1. The molecule has 3 N–H and O–H groups in total. The molecular weight excluding hydrogens is 190 g/mol. The van der Waals surface area contributed by atoms with Crippen LogP contribution in [0.2, 0.25) is 0 Å². The summed E-state index contributed by atoms with van der Waals surface area (Å²) in [7, 11) is 1.46. The van der Waals surface area contributed by atoms with Crippen LogP contribution in [0.1, 0.15) is 6.92 Å². The highest BCUT2D eigenvalue weighted by atomic mass is 16.5. The number of hydrogen-bond acceptors (Lipinski definition) is 5. The highest BCUT2D eigenvalue weighted by Gasteiger charge is 2.40. The van der Waals surface area contributed by atoms with Gasteiger partial charge in [0.2, 0.25) is 5.91 Å². The first-order valence-electron chi connectivity index (χ1n) is 4.34. The Kier molecular flexibility index (Phi) is 3.43. The predicted octanol–water partition coefficient (Wildman–Crippen LogP) is -2.10. The van der Waals surface area contributed by atoms with Crippen molar-refractivity contribution in [3.05, 3.63) is 0 Å². The lowest BCUT2D eigenvalue weighted by atomic mass is 10.0. The van der Waals surface area contributed by atoms with Gasteiger partial charge in [-0.15, -0.1) is 0 Å². The average molecular weight is 205 g/mol. The Balaban J connectivity index is 2.67. The van der Waals surface area contributed by atoms with Crippen LogP contribution < -0.4 is 0 Å². The fourth-order valence-corrected chi connectivity index (χ4v) is 1.31. The second-order valence-corrected chi connectivity index (χ2v) is 3.40. The van der Waals surface area contributed by atoms with Crippen LogP contribution in [0.15, 0.2) is 0 Å². The van der Waals surface area contributed by atoms with Crippen LogP contribution >= 0.6 is 0 Å². The highest BCUT2D eigenvalue weighted by Crippen LogP contribution is 2.17. The summed E-state index contributed by atoms with van der Waals surface area (Å²) in [5.74, 6) is -0.280. The number of nitrogens with zero attached hydrogens (tertiary/aromatic N) is 1. The molecule has 1 aliphatic rings. The Labute approximate surface area is 81.7 Å². The van der Waals surface area contributed by atoms with Crippen molar-refractivity contribution in [3.8, 4) is 0 Å². The van der Waals surface area contributed by atoms with E-state index in [0.717, 1.165) is 0 Å². The number of hydrogen-bond donors (Lipinski definition) is 3. The molecular formula is C8H15NO5. The van der Waals surface area contributed by atoms with Crippen LogP contribution in [0.5, 0.6) is 0 Å². The molecule has 6 heteroatoms. The SMILES string of the molecule is CC(=O)N(C)[C@@H]1OC[C@@H](O)[C@H](O)[C@H]1O. The molecule has 1 heterocycles. The van der Waals surface area contributed by atoms with E-state index in [1.165, 1.54) is 18.9 Å². The van der Waals surface area contributed by atoms with Crippen molar-refractivity contribution in [2.45, 2.75) is 31.5 Å². The molecule has 0 aliphatic carbocycles. The van der Waals surface area contributed by atoms with Crippen LogP contribution in [0.25, 0.3) is 0 Å². The molecule has 1 fully saturated rings. The highest BCUT2D eigenvalue weighted by molar-refractivity contribution is 5.73. The lowest BCUT2D eigenvalue weighted by Gasteiger charge is -2.39. The van der Waals surface area contributed by atoms with Gasteiger partial charge in [-0.2, -0.15) is 0 Å². The lowest BCUT2D eigenvalue weighted by Crippen LogP contribution is -2.58. The maximum absolute atomic E-state index is 11.0. The first kappa shape index (κ1) is 11.4. The second-order valence-electron chi connectivity index (χ2n) is 3.40. The number of carbonyl (C=O) groups excluding carboxylic acids is 1. The summed E-state index contributed by atoms with van der Waals surface area (Å²) in [6, 6.07) is 0. The minimum atomic E-state index is -1.28. The molecule has 1 saturated heterocycles. The van der Waals surface area contributed by atoms with Crippen molar-refractivity contribution in [1.82, 2.24) is 4.90 Å². The van der Waals surface area contributed by atoms with Crippen molar-refractivity contribution >= 4 is 5.91 Å². The van der Waals surface area contributed by atoms with Crippen molar-refractivity contribution in [3.63, 3.8) is 0 Å². The van der Waals surface area contributed by atoms with Gasteiger partial charge in [0.05, 0.1) is 6.61 Å². The van der Waals surface area contributed by atoms with E-state index in [4.69, 9.17) is 9.84 Å². The summed E-state index contributed by atoms with van der Waals surface area (Å²) >= 11 is 0. The number of ether oxygens (including phenoxy) is 1. The smallest absolute Gasteiger partial charge is 0.221 e. The van der Waals surface area contributed by atoms with Gasteiger partial charge < -0.3 is 25.0 Å². The standard InChI is InChI=1S/C8H15NO5/c1-4(10)9(2)8-7(13)6(12)5(11)3-14-8/h5-8,11-13H,3H2,1-2H3/t5-,6+,7-,8-/m1/s1. The van der Waals surface area contributed by atoms with E-state index in [1.807, 2.05) is 0 Å². The van der Waals surface area contributed by atoms with Crippen molar-refractivity contribution in [2.24, 2.45) is 0 Å². The van der Waals surface area contributed by atoms with Crippen LogP contribution in [-0.2, 0) is 9.53 Å². The third-order valence-electron chi connectivity index (χ3n) is 2.35. The maximum atomic E-state index is 11.0. The molecule has 0 aromatic heterocycles. The molecule has 0 spiro atoms. The van der Waals surface area contributed by atoms with E-state index < -0.39 is 24.5 Å². The molecule has 0 saturated carbocycles. The molecule has 6 nitrogen and oxygen atoms in total. The van der Waals surface area contributed by atoms with E-state index in [1.54, 1.807) is 0 Å². The Morgan fingerprint density at radius 1 is 1.36 bits per heavy atom. The number of amides is 1. The van der Waals surface area contributed by atoms with E-state index in [9.17, 15) is 15.0 Å². The van der Waals surface area contributed by atoms with E-state index in [2.05, 4.69) is 0 Å². The number of likely N-dealkylation sites (N-methyl/N-ethyl adjacent to an activating group) is 1. The predicted molar refractivity (Wildman–Crippen MR) is 46.2 cm³/mol. The molecule has 14 heavy (non-hydrogen) atoms. The van der Waals surface area contributed by atoms with Crippen molar-refractivity contribution in [2.75, 3.05) is 13.7 Å². The first-order chi connectivity index (χ1) is 6.45. The summed E-state index contributed by atoms with van der Waals surface area (Å²) in [4.78, 5) is 12.1. The number of aliphatic hydroxyl groups is 3. The number of aliphatic hydroxyl groups excluding tert-OH is 3. The van der Waals surface area contributed by atoms with Gasteiger partial charge in [0.15, 0.2) is 6.23 Å². The summed E-state index contributed by atoms with van der Waals surface area (Å²) in [6.07, 6.45) is -4.57. The Bertz CT molecular complexity index is 222. The van der Waals surface area contributed by atoms with Crippen molar-refractivity contribution < 1.29 is 24.9 Å². The largest absolute Gasteiger partial charge is 0.388 e. The minimum Gasteiger partial charge on any atom is -0.388 e. The molecule has 0 aromatic rings. The van der Waals surface area contributed by atoms with E-state index >= 15 is 0 Å². The summed E-state index contributed by atoms with van der Waals surface area (Å²) < 4.78 is 5.04. The topological polar surface area (TPSA) is 90.2 Å². The van der Waals surface area contributed by atoms with Gasteiger partial charge in [0.25, 0.3) is 0 Å². The zero-order chi connectivity index (χ0) is 10.9. The Morgan fingerprint density at radius 2 is 1.93 bits per heavy atom. The Morgan fingerprint density at radius 3 is 2.43 bits per heavy atom. The third kappa shape index (κ3) is 2.03. The third-order valence-corrected chi connectivity index (χ3v) is 2.35. The molecule has 0 bridgehead atoms.